The topological polar surface area (TPSA) is 89.3 Å². The van der Waals surface area contributed by atoms with Gasteiger partial charge in [-0.3, -0.25) is 4.79 Å². The highest BCUT2D eigenvalue weighted by atomic mass is 32.2. The van der Waals surface area contributed by atoms with Crippen molar-refractivity contribution >= 4 is 15.9 Å². The van der Waals surface area contributed by atoms with Gasteiger partial charge in [0.15, 0.2) is 0 Å². The molecule has 3 N–H and O–H groups in total. The van der Waals surface area contributed by atoms with Crippen molar-refractivity contribution in [2.45, 2.75) is 37.5 Å². The number of carbonyl (C=O) groups excluding carboxylic acids is 1. The second-order valence-corrected chi connectivity index (χ2v) is 6.92. The van der Waals surface area contributed by atoms with Crippen LogP contribution in [0.2, 0.25) is 0 Å². The number of hydrogen-bond acceptors (Lipinski definition) is 3. The maximum Gasteiger partial charge on any atom is 0.251 e. The number of hydrogen-bond donors (Lipinski definition) is 2. The molecule has 1 amide bonds. The van der Waals surface area contributed by atoms with Crippen molar-refractivity contribution in [1.82, 2.24) is 5.32 Å². The van der Waals surface area contributed by atoms with E-state index in [2.05, 4.69) is 5.32 Å². The third-order valence-electron chi connectivity index (χ3n) is 3.78. The van der Waals surface area contributed by atoms with Crippen molar-refractivity contribution < 1.29 is 13.2 Å². The molecule has 1 aliphatic carbocycles. The zero-order chi connectivity index (χ0) is 14.8. The predicted molar refractivity (Wildman–Crippen MR) is 76.8 cm³/mol. The Bertz CT molecular complexity index is 605. The molecule has 6 heteroatoms. The Morgan fingerprint density at radius 1 is 1.35 bits per heavy atom. The zero-order valence-corrected chi connectivity index (χ0v) is 12.4. The molecule has 0 saturated heterocycles. The van der Waals surface area contributed by atoms with Crippen LogP contribution in [0.4, 0.5) is 0 Å². The third kappa shape index (κ3) is 3.58. The van der Waals surface area contributed by atoms with E-state index in [1.165, 1.54) is 18.9 Å². The van der Waals surface area contributed by atoms with Crippen LogP contribution in [0.25, 0.3) is 0 Å². The molecule has 20 heavy (non-hydrogen) atoms. The highest BCUT2D eigenvalue weighted by Crippen LogP contribution is 2.24. The van der Waals surface area contributed by atoms with Crippen molar-refractivity contribution in [3.05, 3.63) is 29.3 Å². The van der Waals surface area contributed by atoms with Crippen LogP contribution in [0, 0.1) is 12.8 Å². The van der Waals surface area contributed by atoms with Gasteiger partial charge in [-0.1, -0.05) is 18.9 Å². The molecule has 1 aliphatic rings. The SMILES string of the molecule is Cc1ccc(C(=O)NCC2CCCC2)cc1S(N)(=O)=O. The molecular formula is C14H20N2O3S. The van der Waals surface area contributed by atoms with Crippen LogP contribution in [0.15, 0.2) is 23.1 Å². The molecule has 0 unspecified atom stereocenters. The summed E-state index contributed by atoms with van der Waals surface area (Å²) < 4.78 is 22.9. The first-order chi connectivity index (χ1) is 9.38. The summed E-state index contributed by atoms with van der Waals surface area (Å²) in [4.78, 5) is 12.1. The highest BCUT2D eigenvalue weighted by Gasteiger charge is 2.18. The van der Waals surface area contributed by atoms with E-state index < -0.39 is 10.0 Å². The standard InChI is InChI=1S/C14H20N2O3S/c1-10-6-7-12(8-13(10)20(15,18)19)14(17)16-9-11-4-2-3-5-11/h6-8,11H,2-5,9H2,1H3,(H,16,17)(H2,15,18,19). The Balaban J connectivity index is 2.10. The van der Waals surface area contributed by atoms with Crippen molar-refractivity contribution in [2.24, 2.45) is 11.1 Å². The average molecular weight is 296 g/mol. The molecule has 0 spiro atoms. The molecule has 1 aromatic carbocycles. The van der Waals surface area contributed by atoms with E-state index in [1.807, 2.05) is 0 Å². The first-order valence-electron chi connectivity index (χ1n) is 6.79. The summed E-state index contributed by atoms with van der Waals surface area (Å²) in [5, 5.41) is 8.01. The van der Waals surface area contributed by atoms with Gasteiger partial charge in [0.25, 0.3) is 5.91 Å². The first kappa shape index (κ1) is 15.0. The van der Waals surface area contributed by atoms with Crippen LogP contribution >= 0.6 is 0 Å². The van der Waals surface area contributed by atoms with Crippen LogP contribution in [0.3, 0.4) is 0 Å². The van der Waals surface area contributed by atoms with Crippen LogP contribution in [-0.4, -0.2) is 20.9 Å². The number of amides is 1. The van der Waals surface area contributed by atoms with Crippen molar-refractivity contribution in [2.75, 3.05) is 6.54 Å². The first-order valence-corrected chi connectivity index (χ1v) is 8.34. The fourth-order valence-electron chi connectivity index (χ4n) is 2.60. The van der Waals surface area contributed by atoms with Gasteiger partial charge in [0.2, 0.25) is 10.0 Å². The smallest absolute Gasteiger partial charge is 0.251 e. The third-order valence-corrected chi connectivity index (χ3v) is 4.84. The summed E-state index contributed by atoms with van der Waals surface area (Å²) in [6.07, 6.45) is 4.74. The second-order valence-electron chi connectivity index (χ2n) is 5.39. The highest BCUT2D eigenvalue weighted by molar-refractivity contribution is 7.89. The molecular weight excluding hydrogens is 276 g/mol. The van der Waals surface area contributed by atoms with Gasteiger partial charge in [-0.05, 0) is 43.4 Å². The Morgan fingerprint density at radius 3 is 2.60 bits per heavy atom. The number of sulfonamides is 1. The lowest BCUT2D eigenvalue weighted by Crippen LogP contribution is -2.28. The van der Waals surface area contributed by atoms with Crippen LogP contribution in [0.5, 0.6) is 0 Å². The largest absolute Gasteiger partial charge is 0.352 e. The van der Waals surface area contributed by atoms with E-state index >= 15 is 0 Å². The number of primary sulfonamides is 1. The Kier molecular flexibility index (Phi) is 4.45. The minimum absolute atomic E-state index is 0.00557. The molecule has 2 rings (SSSR count). The van der Waals surface area contributed by atoms with Crippen LogP contribution in [0.1, 0.15) is 41.6 Å². The number of rotatable bonds is 4. The number of benzene rings is 1. The summed E-state index contributed by atoms with van der Waals surface area (Å²) in [5.74, 6) is 0.295. The van der Waals surface area contributed by atoms with Gasteiger partial charge < -0.3 is 5.32 Å². The molecule has 0 atom stereocenters. The van der Waals surface area contributed by atoms with E-state index in [-0.39, 0.29) is 10.8 Å². The van der Waals surface area contributed by atoms with E-state index in [4.69, 9.17) is 5.14 Å². The molecule has 110 valence electrons. The molecule has 0 heterocycles. The normalized spacial score (nSPS) is 16.3. The molecule has 0 aromatic heterocycles. The molecule has 0 bridgehead atoms. The lowest BCUT2D eigenvalue weighted by molar-refractivity contribution is 0.0947. The fourth-order valence-corrected chi connectivity index (χ4v) is 3.41. The molecule has 0 radical (unpaired) electrons. The Morgan fingerprint density at radius 2 is 2.00 bits per heavy atom. The Labute approximate surface area is 119 Å². The van der Waals surface area contributed by atoms with Crippen LogP contribution in [-0.2, 0) is 10.0 Å². The molecule has 1 saturated carbocycles. The summed E-state index contributed by atoms with van der Waals surface area (Å²) in [7, 11) is -3.80. The van der Waals surface area contributed by atoms with Gasteiger partial charge >= 0.3 is 0 Å². The van der Waals surface area contributed by atoms with Gasteiger partial charge in [0, 0.05) is 12.1 Å². The van der Waals surface area contributed by atoms with E-state index in [9.17, 15) is 13.2 Å². The van der Waals surface area contributed by atoms with Gasteiger partial charge in [-0.25, -0.2) is 13.6 Å². The maximum atomic E-state index is 12.0. The molecule has 1 aromatic rings. The quantitative estimate of drug-likeness (QED) is 0.883. The van der Waals surface area contributed by atoms with Crippen molar-refractivity contribution in [3.8, 4) is 0 Å². The summed E-state index contributed by atoms with van der Waals surface area (Å²) in [6.45, 7) is 2.30. The average Bonchev–Trinajstić information content (AvgIpc) is 2.88. The summed E-state index contributed by atoms with van der Waals surface area (Å²) >= 11 is 0. The second kappa shape index (κ2) is 5.93. The number of nitrogens with one attached hydrogen (secondary N) is 1. The molecule has 5 nitrogen and oxygen atoms in total. The monoisotopic (exact) mass is 296 g/mol. The van der Waals surface area contributed by atoms with Crippen LogP contribution < -0.4 is 10.5 Å². The number of aryl methyl sites for hydroxylation is 1. The van der Waals surface area contributed by atoms with Gasteiger partial charge in [-0.2, -0.15) is 0 Å². The van der Waals surface area contributed by atoms with Crippen molar-refractivity contribution in [3.63, 3.8) is 0 Å². The summed E-state index contributed by atoms with van der Waals surface area (Å²) in [6, 6.07) is 4.56. The lowest BCUT2D eigenvalue weighted by Gasteiger charge is -2.11. The zero-order valence-electron chi connectivity index (χ0n) is 11.6. The number of carbonyl (C=O) groups is 1. The van der Waals surface area contributed by atoms with Gasteiger partial charge in [0.1, 0.15) is 0 Å². The molecule has 0 aliphatic heterocycles. The molecule has 1 fully saturated rings. The lowest BCUT2D eigenvalue weighted by atomic mass is 10.1. The van der Waals surface area contributed by atoms with E-state index in [0.29, 0.717) is 23.6 Å². The minimum atomic E-state index is -3.80. The predicted octanol–water partition coefficient (Wildman–Crippen LogP) is 1.56. The van der Waals surface area contributed by atoms with E-state index in [1.54, 1.807) is 19.1 Å². The van der Waals surface area contributed by atoms with Crippen molar-refractivity contribution in [1.29, 1.82) is 0 Å². The van der Waals surface area contributed by atoms with Gasteiger partial charge in [0.05, 0.1) is 4.90 Å². The number of nitrogens with two attached hydrogens (primary N) is 1. The minimum Gasteiger partial charge on any atom is -0.352 e. The fraction of sp³-hybridized carbons (Fsp3) is 0.500. The van der Waals surface area contributed by atoms with Gasteiger partial charge in [-0.15, -0.1) is 0 Å². The Hall–Kier alpha value is -1.40. The summed E-state index contributed by atoms with van der Waals surface area (Å²) in [5.41, 5.74) is 0.873. The maximum absolute atomic E-state index is 12.0. The van der Waals surface area contributed by atoms with E-state index in [0.717, 1.165) is 12.8 Å².